The predicted octanol–water partition coefficient (Wildman–Crippen LogP) is 6.81. The molecule has 0 heterocycles. The lowest BCUT2D eigenvalue weighted by atomic mass is 9.84. The lowest BCUT2D eigenvalue weighted by molar-refractivity contribution is 1.77. The van der Waals surface area contributed by atoms with Crippen LogP contribution in [0.5, 0.6) is 0 Å². The van der Waals surface area contributed by atoms with Crippen LogP contribution in [0.4, 0.5) is 0 Å². The predicted molar refractivity (Wildman–Crippen MR) is 105 cm³/mol. The van der Waals surface area contributed by atoms with E-state index in [0.717, 1.165) is 0 Å². The topological polar surface area (TPSA) is 0 Å². The average molecular weight is 300 g/mol. The number of hydrogen-bond donors (Lipinski definition) is 0. The molecule has 0 nitrogen and oxygen atoms in total. The molecule has 24 heavy (non-hydrogen) atoms. The van der Waals surface area contributed by atoms with Crippen LogP contribution < -0.4 is 0 Å². The molecule has 0 saturated carbocycles. The second-order valence-electron chi connectivity index (χ2n) is 6.98. The molecular formula is C24H12. The minimum absolute atomic E-state index is 1.34. The molecule has 6 aromatic rings. The van der Waals surface area contributed by atoms with Gasteiger partial charge in [-0.15, -0.1) is 0 Å². The van der Waals surface area contributed by atoms with Gasteiger partial charge in [-0.2, -0.15) is 0 Å². The third kappa shape index (κ3) is 1.08. The van der Waals surface area contributed by atoms with Crippen LogP contribution in [0.2, 0.25) is 0 Å². The lowest BCUT2D eigenvalue weighted by Crippen LogP contribution is -1.91. The first kappa shape index (κ1) is 11.4. The van der Waals surface area contributed by atoms with Gasteiger partial charge >= 0.3 is 0 Å². The number of fused-ring (bicyclic) bond motifs is 1. The Morgan fingerprint density at radius 1 is 0.417 bits per heavy atom. The maximum atomic E-state index is 2.36. The van der Waals surface area contributed by atoms with Gasteiger partial charge in [-0.05, 0) is 71.1 Å². The zero-order chi connectivity index (χ0) is 15.4. The third-order valence-corrected chi connectivity index (χ3v) is 5.88. The van der Waals surface area contributed by atoms with Gasteiger partial charge in [-0.1, -0.05) is 66.7 Å². The SMILES string of the molecule is C1=Cc2cc3ccc4ccc5cccc6c7ccc1c2c7c3c4c56. The highest BCUT2D eigenvalue weighted by atomic mass is 14.2. The molecule has 0 radical (unpaired) electrons. The van der Waals surface area contributed by atoms with Crippen molar-refractivity contribution in [2.45, 2.75) is 0 Å². The van der Waals surface area contributed by atoms with E-state index in [1.807, 2.05) is 0 Å². The molecule has 0 unspecified atom stereocenters. The van der Waals surface area contributed by atoms with Crippen LogP contribution >= 0.6 is 0 Å². The monoisotopic (exact) mass is 300 g/mol. The molecule has 0 fully saturated rings. The van der Waals surface area contributed by atoms with Crippen molar-refractivity contribution in [3.05, 3.63) is 71.8 Å². The summed E-state index contributed by atoms with van der Waals surface area (Å²) in [5.41, 5.74) is 2.72. The zero-order valence-corrected chi connectivity index (χ0v) is 12.9. The fourth-order valence-electron chi connectivity index (χ4n) is 4.93. The minimum atomic E-state index is 1.34. The van der Waals surface area contributed by atoms with Crippen molar-refractivity contribution >= 4 is 66.0 Å². The summed E-state index contributed by atoms with van der Waals surface area (Å²) in [6.45, 7) is 0. The first-order chi connectivity index (χ1) is 11.9. The molecular weight excluding hydrogens is 288 g/mol. The Kier molecular flexibility index (Phi) is 1.67. The summed E-state index contributed by atoms with van der Waals surface area (Å²) >= 11 is 0. The molecule has 1 aliphatic rings. The van der Waals surface area contributed by atoms with Gasteiger partial charge in [-0.3, -0.25) is 0 Å². The lowest BCUT2D eigenvalue weighted by Gasteiger charge is -2.18. The Bertz CT molecular complexity index is 1480. The molecule has 0 atom stereocenters. The minimum Gasteiger partial charge on any atom is -0.0610 e. The Labute approximate surface area is 138 Å². The summed E-state index contributed by atoms with van der Waals surface area (Å²) in [4.78, 5) is 0. The summed E-state index contributed by atoms with van der Waals surface area (Å²) in [6.07, 6.45) is 4.52. The number of hydrogen-bond acceptors (Lipinski definition) is 0. The van der Waals surface area contributed by atoms with Gasteiger partial charge in [0, 0.05) is 0 Å². The molecule has 1 aliphatic carbocycles. The van der Waals surface area contributed by atoms with E-state index >= 15 is 0 Å². The molecule has 0 aliphatic heterocycles. The first-order valence-electron chi connectivity index (χ1n) is 8.46. The van der Waals surface area contributed by atoms with Gasteiger partial charge in [-0.25, -0.2) is 0 Å². The Morgan fingerprint density at radius 3 is 2.04 bits per heavy atom. The van der Waals surface area contributed by atoms with Crippen LogP contribution in [0.1, 0.15) is 11.1 Å². The van der Waals surface area contributed by atoms with Gasteiger partial charge in [0.15, 0.2) is 0 Å². The van der Waals surface area contributed by atoms with E-state index in [2.05, 4.69) is 72.8 Å². The standard InChI is InChI=1S/C24H12/c1-2-13-4-5-15-7-9-17-12-16-8-6-14-10-11-19-18(3-1)21(13)22(15)23(17)24(19)20(14)16/h1-12H. The van der Waals surface area contributed by atoms with E-state index in [1.54, 1.807) is 0 Å². The van der Waals surface area contributed by atoms with Gasteiger partial charge in [0.25, 0.3) is 0 Å². The van der Waals surface area contributed by atoms with Crippen molar-refractivity contribution in [3.63, 3.8) is 0 Å². The quantitative estimate of drug-likeness (QED) is 0.213. The zero-order valence-electron chi connectivity index (χ0n) is 12.9. The molecule has 0 spiro atoms. The summed E-state index contributed by atoms with van der Waals surface area (Å²) in [7, 11) is 0. The summed E-state index contributed by atoms with van der Waals surface area (Å²) in [5, 5.41) is 14.0. The maximum Gasteiger partial charge on any atom is -0.000807 e. The van der Waals surface area contributed by atoms with E-state index in [0.29, 0.717) is 0 Å². The first-order valence-corrected chi connectivity index (χ1v) is 8.46. The van der Waals surface area contributed by atoms with Crippen LogP contribution in [0.3, 0.4) is 0 Å². The molecule has 0 aromatic heterocycles. The molecule has 7 rings (SSSR count). The Morgan fingerprint density at radius 2 is 1.12 bits per heavy atom. The average Bonchev–Trinajstić information content (AvgIpc) is 3.05. The molecule has 0 bridgehead atoms. The molecule has 0 heteroatoms. The maximum absolute atomic E-state index is 2.36. The summed E-state index contributed by atoms with van der Waals surface area (Å²) in [5.74, 6) is 0. The molecule has 0 N–H and O–H groups in total. The largest absolute Gasteiger partial charge is 0.0610 e. The van der Waals surface area contributed by atoms with Gasteiger partial charge < -0.3 is 0 Å². The molecule has 0 saturated heterocycles. The fourth-order valence-corrected chi connectivity index (χ4v) is 4.93. The Hall–Kier alpha value is -3.12. The van der Waals surface area contributed by atoms with E-state index in [1.165, 1.54) is 65.0 Å². The van der Waals surface area contributed by atoms with Crippen LogP contribution in [-0.4, -0.2) is 0 Å². The highest BCUT2D eigenvalue weighted by Gasteiger charge is 2.20. The number of benzene rings is 6. The van der Waals surface area contributed by atoms with E-state index in [-0.39, 0.29) is 0 Å². The van der Waals surface area contributed by atoms with Crippen molar-refractivity contribution in [1.82, 2.24) is 0 Å². The van der Waals surface area contributed by atoms with Gasteiger partial charge in [0.05, 0.1) is 0 Å². The highest BCUT2D eigenvalue weighted by molar-refractivity contribution is 6.41. The van der Waals surface area contributed by atoms with E-state index in [4.69, 9.17) is 0 Å². The van der Waals surface area contributed by atoms with Crippen molar-refractivity contribution in [2.24, 2.45) is 0 Å². The molecule has 6 aromatic carbocycles. The normalized spacial score (nSPS) is 13.7. The second-order valence-corrected chi connectivity index (χ2v) is 6.98. The van der Waals surface area contributed by atoms with Gasteiger partial charge in [0.1, 0.15) is 0 Å². The smallest absolute Gasteiger partial charge is 0.000807 e. The Balaban J connectivity index is 2.04. The third-order valence-electron chi connectivity index (χ3n) is 5.88. The number of rotatable bonds is 0. The van der Waals surface area contributed by atoms with Crippen molar-refractivity contribution in [3.8, 4) is 0 Å². The van der Waals surface area contributed by atoms with Crippen molar-refractivity contribution in [1.29, 1.82) is 0 Å². The summed E-state index contributed by atoms with van der Waals surface area (Å²) in [6, 6.07) is 22.8. The fraction of sp³-hybridized carbons (Fsp3) is 0. The van der Waals surface area contributed by atoms with Crippen LogP contribution in [0, 0.1) is 0 Å². The highest BCUT2D eigenvalue weighted by Crippen LogP contribution is 2.47. The van der Waals surface area contributed by atoms with Crippen LogP contribution in [0.25, 0.3) is 66.0 Å². The molecule has 108 valence electrons. The van der Waals surface area contributed by atoms with Crippen molar-refractivity contribution < 1.29 is 0 Å². The van der Waals surface area contributed by atoms with E-state index < -0.39 is 0 Å². The van der Waals surface area contributed by atoms with Gasteiger partial charge in [0.2, 0.25) is 0 Å². The molecule has 0 amide bonds. The van der Waals surface area contributed by atoms with Crippen LogP contribution in [0.15, 0.2) is 60.7 Å². The second kappa shape index (κ2) is 3.52. The van der Waals surface area contributed by atoms with Crippen LogP contribution in [-0.2, 0) is 0 Å². The van der Waals surface area contributed by atoms with Crippen molar-refractivity contribution in [2.75, 3.05) is 0 Å². The van der Waals surface area contributed by atoms with E-state index in [9.17, 15) is 0 Å². The summed E-state index contributed by atoms with van der Waals surface area (Å²) < 4.78 is 0.